The summed E-state index contributed by atoms with van der Waals surface area (Å²) < 4.78 is 5.67. The van der Waals surface area contributed by atoms with Crippen molar-refractivity contribution >= 4 is 11.6 Å². The van der Waals surface area contributed by atoms with E-state index >= 15 is 0 Å². The summed E-state index contributed by atoms with van der Waals surface area (Å²) in [5, 5.41) is 11.7. The zero-order chi connectivity index (χ0) is 15.2. The fraction of sp³-hybridized carbons (Fsp3) is 0.500. The lowest BCUT2D eigenvalue weighted by Crippen LogP contribution is -2.46. The molecule has 2 atom stereocenters. The van der Waals surface area contributed by atoms with Crippen molar-refractivity contribution in [2.45, 2.75) is 32.5 Å². The average molecular weight is 287 g/mol. The van der Waals surface area contributed by atoms with Crippen LogP contribution in [0, 0.1) is 11.3 Å². The Morgan fingerprint density at radius 3 is 2.81 bits per heavy atom. The molecule has 1 aliphatic rings. The first-order valence-electron chi connectivity index (χ1n) is 7.24. The van der Waals surface area contributed by atoms with Crippen molar-refractivity contribution in [3.8, 4) is 6.07 Å². The van der Waals surface area contributed by atoms with Crippen molar-refractivity contribution in [1.29, 1.82) is 5.26 Å². The third kappa shape index (κ3) is 4.85. The molecular formula is C16H21N3O2. The minimum atomic E-state index is -0.0307. The Labute approximate surface area is 125 Å². The van der Waals surface area contributed by atoms with Crippen LogP contribution in [-0.2, 0) is 9.53 Å². The van der Waals surface area contributed by atoms with Crippen molar-refractivity contribution in [3.05, 3.63) is 29.8 Å². The van der Waals surface area contributed by atoms with Crippen LogP contribution in [0.25, 0.3) is 0 Å². The molecule has 2 rings (SSSR count). The Kier molecular flexibility index (Phi) is 5.32. The summed E-state index contributed by atoms with van der Waals surface area (Å²) in [6.07, 6.45) is 0.865. The van der Waals surface area contributed by atoms with Gasteiger partial charge in [0.15, 0.2) is 0 Å². The van der Waals surface area contributed by atoms with Gasteiger partial charge in [0.25, 0.3) is 0 Å². The molecule has 21 heavy (non-hydrogen) atoms. The number of benzene rings is 1. The van der Waals surface area contributed by atoms with Crippen LogP contribution in [0.1, 0.15) is 25.8 Å². The Morgan fingerprint density at radius 1 is 1.43 bits per heavy atom. The minimum Gasteiger partial charge on any atom is -0.373 e. The van der Waals surface area contributed by atoms with Crippen LogP contribution in [0.2, 0.25) is 0 Å². The number of hydrogen-bond donors (Lipinski definition) is 1. The minimum absolute atomic E-state index is 0.0307. The van der Waals surface area contributed by atoms with Crippen LogP contribution in [0.15, 0.2) is 24.3 Å². The third-order valence-electron chi connectivity index (χ3n) is 3.43. The van der Waals surface area contributed by atoms with Gasteiger partial charge in [0, 0.05) is 31.7 Å². The van der Waals surface area contributed by atoms with Gasteiger partial charge >= 0.3 is 0 Å². The second kappa shape index (κ2) is 7.21. The van der Waals surface area contributed by atoms with Gasteiger partial charge in [-0.25, -0.2) is 0 Å². The number of nitrogens with one attached hydrogen (secondary N) is 1. The van der Waals surface area contributed by atoms with Crippen LogP contribution in [0.3, 0.4) is 0 Å². The van der Waals surface area contributed by atoms with Crippen molar-refractivity contribution in [1.82, 2.24) is 4.90 Å². The van der Waals surface area contributed by atoms with E-state index in [-0.39, 0.29) is 18.1 Å². The van der Waals surface area contributed by atoms with E-state index in [1.165, 1.54) is 0 Å². The number of rotatable bonds is 4. The number of nitrogens with zero attached hydrogens (tertiary/aromatic N) is 2. The van der Waals surface area contributed by atoms with Gasteiger partial charge in [0.2, 0.25) is 5.91 Å². The molecule has 0 spiro atoms. The Balaban J connectivity index is 1.80. The maximum atomic E-state index is 12.0. The van der Waals surface area contributed by atoms with Crippen LogP contribution in [0.5, 0.6) is 0 Å². The SMILES string of the molecule is CC1CN(CCC(=O)Nc2cccc(C#N)c2)CC(C)O1. The van der Waals surface area contributed by atoms with E-state index in [1.54, 1.807) is 24.3 Å². The topological polar surface area (TPSA) is 65.4 Å². The van der Waals surface area contributed by atoms with Crippen molar-refractivity contribution in [2.75, 3.05) is 25.0 Å². The number of morpholine rings is 1. The second-order valence-corrected chi connectivity index (χ2v) is 5.51. The summed E-state index contributed by atoms with van der Waals surface area (Å²) in [4.78, 5) is 14.2. The van der Waals surface area contributed by atoms with Crippen LogP contribution in [0.4, 0.5) is 5.69 Å². The number of amides is 1. The number of ether oxygens (including phenoxy) is 1. The van der Waals surface area contributed by atoms with Gasteiger partial charge in [-0.15, -0.1) is 0 Å². The molecule has 1 aromatic carbocycles. The number of carbonyl (C=O) groups is 1. The van der Waals surface area contributed by atoms with Gasteiger partial charge < -0.3 is 10.1 Å². The monoisotopic (exact) mass is 287 g/mol. The van der Waals surface area contributed by atoms with Crippen molar-refractivity contribution in [3.63, 3.8) is 0 Å². The molecule has 1 aromatic rings. The average Bonchev–Trinajstić information content (AvgIpc) is 2.44. The van der Waals surface area contributed by atoms with Crippen molar-refractivity contribution < 1.29 is 9.53 Å². The molecule has 1 saturated heterocycles. The van der Waals surface area contributed by atoms with E-state index in [0.717, 1.165) is 19.6 Å². The number of nitriles is 1. The summed E-state index contributed by atoms with van der Waals surface area (Å²) in [5.41, 5.74) is 1.21. The Bertz CT molecular complexity index is 529. The zero-order valence-corrected chi connectivity index (χ0v) is 12.5. The van der Waals surface area contributed by atoms with Gasteiger partial charge in [-0.1, -0.05) is 6.07 Å². The van der Waals surface area contributed by atoms with Gasteiger partial charge in [-0.3, -0.25) is 9.69 Å². The predicted molar refractivity (Wildman–Crippen MR) is 80.9 cm³/mol. The summed E-state index contributed by atoms with van der Waals surface area (Å²) >= 11 is 0. The highest BCUT2D eigenvalue weighted by Crippen LogP contribution is 2.12. The summed E-state index contributed by atoms with van der Waals surface area (Å²) in [6, 6.07) is 9.01. The molecule has 0 aliphatic carbocycles. The molecule has 0 aromatic heterocycles. The molecule has 5 heteroatoms. The van der Waals surface area contributed by atoms with Gasteiger partial charge in [0.05, 0.1) is 23.8 Å². The molecule has 1 heterocycles. The molecule has 1 N–H and O–H groups in total. The second-order valence-electron chi connectivity index (χ2n) is 5.51. The third-order valence-corrected chi connectivity index (χ3v) is 3.43. The first-order valence-corrected chi connectivity index (χ1v) is 7.24. The molecule has 2 unspecified atom stereocenters. The number of carbonyl (C=O) groups excluding carboxylic acids is 1. The fourth-order valence-corrected chi connectivity index (χ4v) is 2.62. The Morgan fingerprint density at radius 2 is 2.14 bits per heavy atom. The van der Waals surface area contributed by atoms with E-state index in [0.29, 0.717) is 17.7 Å². The van der Waals surface area contributed by atoms with E-state index < -0.39 is 0 Å². The standard InChI is InChI=1S/C16H21N3O2/c1-12-10-19(11-13(2)21-12)7-6-16(20)18-15-5-3-4-14(8-15)9-17/h3-5,8,12-13H,6-7,10-11H2,1-2H3,(H,18,20). The zero-order valence-electron chi connectivity index (χ0n) is 12.5. The molecule has 1 fully saturated rings. The Hall–Kier alpha value is -1.90. The van der Waals surface area contributed by atoms with Crippen molar-refractivity contribution in [2.24, 2.45) is 0 Å². The number of anilines is 1. The maximum absolute atomic E-state index is 12.0. The first kappa shape index (κ1) is 15.5. The first-order chi connectivity index (χ1) is 10.1. The summed E-state index contributed by atoms with van der Waals surface area (Å²) in [5.74, 6) is -0.0307. The smallest absolute Gasteiger partial charge is 0.225 e. The van der Waals surface area contributed by atoms with Crippen LogP contribution < -0.4 is 5.32 Å². The van der Waals surface area contributed by atoms with Crippen LogP contribution >= 0.6 is 0 Å². The highest BCUT2D eigenvalue weighted by molar-refractivity contribution is 5.90. The maximum Gasteiger partial charge on any atom is 0.225 e. The molecule has 0 saturated carbocycles. The molecule has 1 aliphatic heterocycles. The van der Waals surface area contributed by atoms with Gasteiger partial charge in [0.1, 0.15) is 0 Å². The van der Waals surface area contributed by atoms with Gasteiger partial charge in [-0.05, 0) is 32.0 Å². The molecule has 0 radical (unpaired) electrons. The van der Waals surface area contributed by atoms with Crippen LogP contribution in [-0.4, -0.2) is 42.6 Å². The summed E-state index contributed by atoms with van der Waals surface area (Å²) in [6.45, 7) is 6.55. The van der Waals surface area contributed by atoms with E-state index in [4.69, 9.17) is 10.00 Å². The van der Waals surface area contributed by atoms with E-state index in [1.807, 2.05) is 0 Å². The molecule has 5 nitrogen and oxygen atoms in total. The normalized spacial score (nSPS) is 22.5. The lowest BCUT2D eigenvalue weighted by Gasteiger charge is -2.35. The lowest BCUT2D eigenvalue weighted by atomic mass is 10.2. The molecular weight excluding hydrogens is 266 g/mol. The van der Waals surface area contributed by atoms with E-state index in [2.05, 4.69) is 30.1 Å². The van der Waals surface area contributed by atoms with E-state index in [9.17, 15) is 4.79 Å². The predicted octanol–water partition coefficient (Wildman–Crippen LogP) is 2.00. The largest absolute Gasteiger partial charge is 0.373 e. The quantitative estimate of drug-likeness (QED) is 0.920. The number of hydrogen-bond acceptors (Lipinski definition) is 4. The highest BCUT2D eigenvalue weighted by Gasteiger charge is 2.22. The fourth-order valence-electron chi connectivity index (χ4n) is 2.62. The molecule has 112 valence electrons. The molecule has 1 amide bonds. The summed E-state index contributed by atoms with van der Waals surface area (Å²) in [7, 11) is 0. The highest BCUT2D eigenvalue weighted by atomic mass is 16.5. The van der Waals surface area contributed by atoms with Gasteiger partial charge in [-0.2, -0.15) is 5.26 Å². The molecule has 0 bridgehead atoms. The lowest BCUT2D eigenvalue weighted by molar-refractivity contribution is -0.117.